The third-order valence-corrected chi connectivity index (χ3v) is 5.82. The number of halogens is 3. The van der Waals surface area contributed by atoms with Crippen LogP contribution in [0, 0.1) is 0 Å². The van der Waals surface area contributed by atoms with E-state index in [0.717, 1.165) is 24.3 Å². The molecule has 2 N–H and O–H groups in total. The second kappa shape index (κ2) is 9.47. The second-order valence-corrected chi connectivity index (χ2v) is 8.52. The molecule has 0 fully saturated rings. The van der Waals surface area contributed by atoms with Crippen molar-refractivity contribution in [3.8, 4) is 11.5 Å². The average Bonchev–Trinajstić information content (AvgIpc) is 2.74. The number of carbonyl (C=O) groups is 1. The number of ether oxygens (including phenoxy) is 2. The molecule has 0 saturated heterocycles. The fourth-order valence-electron chi connectivity index (χ4n) is 2.83. The molecule has 0 spiro atoms. The number of rotatable bonds is 7. The molecule has 1 amide bonds. The van der Waals surface area contributed by atoms with Crippen molar-refractivity contribution in [1.82, 2.24) is 4.57 Å². The Morgan fingerprint density at radius 1 is 1.03 bits per heavy atom. The number of sulfonamides is 1. The molecule has 1 aromatic heterocycles. The maximum absolute atomic E-state index is 12.8. The van der Waals surface area contributed by atoms with Gasteiger partial charge >= 0.3 is 6.36 Å². The smallest absolute Gasteiger partial charge is 0.495 e. The Kier molecular flexibility index (Phi) is 6.86. The summed E-state index contributed by atoms with van der Waals surface area (Å²) in [7, 11) is -1.56. The molecule has 34 heavy (non-hydrogen) atoms. The molecular weight excluding hydrogens is 479 g/mol. The summed E-state index contributed by atoms with van der Waals surface area (Å²) in [5.41, 5.74) is -0.280. The van der Waals surface area contributed by atoms with Crippen LogP contribution < -0.4 is 25.1 Å². The van der Waals surface area contributed by atoms with E-state index in [4.69, 9.17) is 4.74 Å². The van der Waals surface area contributed by atoms with Crippen molar-refractivity contribution < 1.29 is 35.9 Å². The van der Waals surface area contributed by atoms with Gasteiger partial charge in [-0.15, -0.1) is 13.2 Å². The summed E-state index contributed by atoms with van der Waals surface area (Å²) < 4.78 is 75.3. The number of anilines is 2. The van der Waals surface area contributed by atoms with Crippen molar-refractivity contribution in [2.75, 3.05) is 17.1 Å². The zero-order valence-corrected chi connectivity index (χ0v) is 18.5. The monoisotopic (exact) mass is 497 g/mol. The quantitative estimate of drug-likeness (QED) is 0.517. The molecule has 9 nitrogen and oxygen atoms in total. The predicted octanol–water partition coefficient (Wildman–Crippen LogP) is 3.35. The van der Waals surface area contributed by atoms with Crippen LogP contribution in [0.4, 0.5) is 24.5 Å². The minimum Gasteiger partial charge on any atom is -0.495 e. The van der Waals surface area contributed by atoms with Gasteiger partial charge in [0, 0.05) is 42.7 Å². The highest BCUT2D eigenvalue weighted by Gasteiger charge is 2.31. The van der Waals surface area contributed by atoms with Crippen LogP contribution in [-0.2, 0) is 17.1 Å². The molecule has 1 heterocycles. The standard InChI is InChI=1S/C21H18F3N3O6S/c1-27-9-8-13(10-19(27)28)20(29)25-14-6-7-18(17(12-14)32-2)34(30,31)26-15-4-3-5-16(11-15)33-21(22,23)24/h3-12,26H,1-2H3,(H,25,29). The lowest BCUT2D eigenvalue weighted by molar-refractivity contribution is -0.274. The van der Waals surface area contributed by atoms with Gasteiger partial charge < -0.3 is 19.4 Å². The topological polar surface area (TPSA) is 116 Å². The van der Waals surface area contributed by atoms with E-state index in [1.807, 2.05) is 0 Å². The number of benzene rings is 2. The fraction of sp³-hybridized carbons (Fsp3) is 0.143. The Balaban J connectivity index is 1.83. The molecule has 3 aromatic rings. The van der Waals surface area contributed by atoms with Crippen LogP contribution in [0.15, 0.2) is 70.5 Å². The maximum Gasteiger partial charge on any atom is 0.573 e. The van der Waals surface area contributed by atoms with Crippen LogP contribution in [0.1, 0.15) is 10.4 Å². The lowest BCUT2D eigenvalue weighted by Gasteiger charge is -2.14. The van der Waals surface area contributed by atoms with E-state index in [1.165, 1.54) is 55.3 Å². The summed E-state index contributed by atoms with van der Waals surface area (Å²) in [5.74, 6) is -1.35. The van der Waals surface area contributed by atoms with Crippen LogP contribution in [0.5, 0.6) is 11.5 Å². The zero-order chi connectivity index (χ0) is 25.1. The number of carbonyl (C=O) groups excluding carboxylic acids is 1. The van der Waals surface area contributed by atoms with Crippen LogP contribution >= 0.6 is 0 Å². The lowest BCUT2D eigenvalue weighted by atomic mass is 10.2. The number of nitrogens with one attached hydrogen (secondary N) is 2. The van der Waals surface area contributed by atoms with Gasteiger partial charge in [0.2, 0.25) is 0 Å². The summed E-state index contributed by atoms with van der Waals surface area (Å²) in [6, 6.07) is 10.6. The minimum atomic E-state index is -4.94. The Morgan fingerprint density at radius 2 is 1.76 bits per heavy atom. The fourth-order valence-corrected chi connectivity index (χ4v) is 4.03. The predicted molar refractivity (Wildman–Crippen MR) is 117 cm³/mol. The lowest BCUT2D eigenvalue weighted by Crippen LogP contribution is -2.20. The molecule has 0 radical (unpaired) electrons. The van der Waals surface area contributed by atoms with Gasteiger partial charge in [0.25, 0.3) is 21.5 Å². The van der Waals surface area contributed by atoms with Crippen molar-refractivity contribution in [2.45, 2.75) is 11.3 Å². The number of methoxy groups -OCH3 is 1. The summed E-state index contributed by atoms with van der Waals surface area (Å²) >= 11 is 0. The van der Waals surface area contributed by atoms with E-state index in [-0.39, 0.29) is 33.1 Å². The number of hydrogen-bond donors (Lipinski definition) is 2. The first-order valence-corrected chi connectivity index (χ1v) is 10.9. The van der Waals surface area contributed by atoms with Crippen molar-refractivity contribution >= 4 is 27.3 Å². The molecule has 0 atom stereocenters. The number of alkyl halides is 3. The zero-order valence-electron chi connectivity index (χ0n) is 17.7. The largest absolute Gasteiger partial charge is 0.573 e. The Hall–Kier alpha value is -4.00. The molecule has 0 aliphatic rings. The third kappa shape index (κ3) is 6.07. The molecule has 0 bridgehead atoms. The molecule has 0 saturated carbocycles. The summed E-state index contributed by atoms with van der Waals surface area (Å²) in [6.45, 7) is 0. The number of pyridine rings is 1. The van der Waals surface area contributed by atoms with Crippen molar-refractivity contribution in [1.29, 1.82) is 0 Å². The van der Waals surface area contributed by atoms with Gasteiger partial charge in [0.1, 0.15) is 16.4 Å². The normalized spacial score (nSPS) is 11.6. The van der Waals surface area contributed by atoms with E-state index in [9.17, 15) is 31.2 Å². The number of amides is 1. The Bertz CT molecular complexity index is 1390. The highest BCUT2D eigenvalue weighted by atomic mass is 32.2. The molecule has 0 aliphatic heterocycles. The highest BCUT2D eigenvalue weighted by Crippen LogP contribution is 2.31. The van der Waals surface area contributed by atoms with E-state index in [1.54, 1.807) is 0 Å². The van der Waals surface area contributed by atoms with Gasteiger partial charge in [-0.2, -0.15) is 0 Å². The third-order valence-electron chi connectivity index (χ3n) is 4.40. The number of aryl methyl sites for hydroxylation is 1. The number of aromatic nitrogens is 1. The molecule has 0 aliphatic carbocycles. The molecule has 2 aromatic carbocycles. The summed E-state index contributed by atoms with van der Waals surface area (Å²) in [5, 5.41) is 2.53. The Labute approximate surface area is 191 Å². The van der Waals surface area contributed by atoms with Crippen molar-refractivity contribution in [3.05, 3.63) is 76.7 Å². The van der Waals surface area contributed by atoms with Crippen LogP contribution in [0.25, 0.3) is 0 Å². The van der Waals surface area contributed by atoms with Gasteiger partial charge in [-0.1, -0.05) is 6.07 Å². The highest BCUT2D eigenvalue weighted by molar-refractivity contribution is 7.92. The van der Waals surface area contributed by atoms with E-state index in [0.29, 0.717) is 0 Å². The van der Waals surface area contributed by atoms with E-state index >= 15 is 0 Å². The molecule has 13 heteroatoms. The average molecular weight is 497 g/mol. The van der Waals surface area contributed by atoms with Gasteiger partial charge in [0.05, 0.1) is 12.8 Å². The first kappa shape index (κ1) is 24.6. The number of hydrogen-bond acceptors (Lipinski definition) is 6. The Morgan fingerprint density at radius 3 is 2.41 bits per heavy atom. The number of nitrogens with zero attached hydrogens (tertiary/aromatic N) is 1. The first-order valence-electron chi connectivity index (χ1n) is 9.43. The van der Waals surface area contributed by atoms with Gasteiger partial charge in [-0.25, -0.2) is 8.42 Å². The van der Waals surface area contributed by atoms with Crippen LogP contribution in [-0.4, -0.2) is 32.4 Å². The van der Waals surface area contributed by atoms with E-state index < -0.39 is 28.0 Å². The molecular formula is C21H18F3N3O6S. The van der Waals surface area contributed by atoms with Crippen molar-refractivity contribution in [3.63, 3.8) is 0 Å². The molecule has 0 unspecified atom stereocenters. The molecule has 3 rings (SSSR count). The SMILES string of the molecule is COc1cc(NC(=O)c2ccn(C)c(=O)c2)ccc1S(=O)(=O)Nc1cccc(OC(F)(F)F)c1. The maximum atomic E-state index is 12.8. The molecule has 180 valence electrons. The minimum absolute atomic E-state index is 0.0985. The van der Waals surface area contributed by atoms with Crippen LogP contribution in [0.3, 0.4) is 0 Å². The summed E-state index contributed by atoms with van der Waals surface area (Å²) in [4.78, 5) is 23.8. The van der Waals surface area contributed by atoms with Gasteiger partial charge in [-0.05, 0) is 30.3 Å². The van der Waals surface area contributed by atoms with Crippen molar-refractivity contribution in [2.24, 2.45) is 7.05 Å². The second-order valence-electron chi connectivity index (χ2n) is 6.87. The van der Waals surface area contributed by atoms with E-state index in [2.05, 4.69) is 14.8 Å². The summed E-state index contributed by atoms with van der Waals surface area (Å²) in [6.07, 6.45) is -3.51. The van der Waals surface area contributed by atoms with Gasteiger partial charge in [-0.3, -0.25) is 14.3 Å². The first-order chi connectivity index (χ1) is 15.9. The van der Waals surface area contributed by atoms with Crippen LogP contribution in [0.2, 0.25) is 0 Å². The van der Waals surface area contributed by atoms with Gasteiger partial charge in [0.15, 0.2) is 0 Å².